The maximum Gasteiger partial charge on any atom is 0.417 e. The Morgan fingerprint density at radius 1 is 0.224 bits per heavy atom. The average molecular weight is 1510 g/mol. The first-order valence-corrected chi connectivity index (χ1v) is 29.5. The molecule has 506 valence electrons. The molecule has 0 aliphatic carbocycles. The highest BCUT2D eigenvalue weighted by Crippen LogP contribution is 2.46. The number of hydrogen-bond donors (Lipinski definition) is 0. The lowest BCUT2D eigenvalue weighted by Gasteiger charge is -2.45. The van der Waals surface area contributed by atoms with Gasteiger partial charge in [-0.3, -0.25) is 0 Å². The van der Waals surface area contributed by atoms with E-state index in [1.807, 2.05) is 0 Å². The molecule has 0 aromatic heterocycles. The van der Waals surface area contributed by atoms with Gasteiger partial charge in [0.2, 0.25) is 3.57 Å². The van der Waals surface area contributed by atoms with Gasteiger partial charge in [0.15, 0.2) is 50.1 Å². The van der Waals surface area contributed by atoms with Gasteiger partial charge in [0.1, 0.15) is 52.7 Å². The van der Waals surface area contributed by atoms with E-state index >= 15 is 70.2 Å². The fourth-order valence-electron chi connectivity index (χ4n) is 11.6. The van der Waals surface area contributed by atoms with Crippen molar-refractivity contribution in [3.8, 4) is 44.5 Å². The van der Waals surface area contributed by atoms with Gasteiger partial charge in [-0.2, -0.15) is 52.7 Å². The number of hydrogen-bond acceptors (Lipinski definition) is 0. The van der Waals surface area contributed by atoms with Gasteiger partial charge in [-0.1, -0.05) is 121 Å². The van der Waals surface area contributed by atoms with Gasteiger partial charge in [0, 0.05) is 5.39 Å². The average Bonchev–Trinajstić information content (AvgIpc) is 0.676. The number of rotatable bonds is 10. The number of alkyl halides is 12. The van der Waals surface area contributed by atoms with Gasteiger partial charge >= 0.3 is 45.9 Å². The summed E-state index contributed by atoms with van der Waals surface area (Å²) in [7, 11) is 0. The van der Waals surface area contributed by atoms with Crippen molar-refractivity contribution in [2.45, 2.75) is 24.7 Å². The number of fused-ring (bicyclic) bond motifs is 1. The SMILES string of the molecule is Fc1c(F)c([B-](c2c(F)c(F)c(-c3ccccc3C(F)(F)F)c(F)c2F)(c2c(F)c(F)c(-c3ccccc3C(F)(F)F)c(F)c2F)c2c(F)c(F)c(-c3ccccc3C(F)(F)F)c(F)c2F)c(F)c(F)c1-c1ccccc1C(F)(F)F.c1ccc([I+]c2cccc3ccccc23)cc1. The predicted octanol–water partition coefficient (Wildman–Crippen LogP) is 17.0. The zero-order valence-electron chi connectivity index (χ0n) is 47.7. The topological polar surface area (TPSA) is 0 Å². The molecule has 0 aliphatic rings. The maximum atomic E-state index is 17.6. The summed E-state index contributed by atoms with van der Waals surface area (Å²) in [6, 6.07) is 28.9. The lowest BCUT2D eigenvalue weighted by atomic mass is 9.12. The molecule has 0 N–H and O–H groups in total. The summed E-state index contributed by atoms with van der Waals surface area (Å²) in [5, 5.41) is 2.76. The fraction of sp³-hybridized carbons (Fsp3) is 0.0588. The van der Waals surface area contributed by atoms with Crippen molar-refractivity contribution >= 4 is 38.8 Å². The first-order valence-electron chi connectivity index (χ1n) is 27.4. The van der Waals surface area contributed by atoms with Crippen LogP contribution in [0.3, 0.4) is 0 Å². The second-order valence-electron chi connectivity index (χ2n) is 21.1. The normalized spacial score (nSPS) is 12.3. The second kappa shape index (κ2) is 26.4. The molecule has 0 bridgehead atoms. The molecular formula is C68H28BF28I. The summed E-state index contributed by atoms with van der Waals surface area (Å²) in [6.07, 6.45) is -31.4. The van der Waals surface area contributed by atoms with Gasteiger partial charge in [0.05, 0.1) is 44.5 Å². The Morgan fingerprint density at radius 2 is 0.449 bits per heavy atom. The van der Waals surface area contributed by atoms with Crippen LogP contribution in [0.15, 0.2) is 170 Å². The molecule has 11 aromatic carbocycles. The second-order valence-corrected chi connectivity index (χ2v) is 24.0. The van der Waals surface area contributed by atoms with Gasteiger partial charge in [-0.25, -0.2) is 70.2 Å². The molecule has 0 nitrogen and oxygen atoms in total. The molecule has 0 spiro atoms. The van der Waals surface area contributed by atoms with Crippen LogP contribution in [0, 0.1) is 100 Å². The van der Waals surface area contributed by atoms with Crippen molar-refractivity contribution in [1.29, 1.82) is 0 Å². The van der Waals surface area contributed by atoms with Crippen LogP contribution in [0.4, 0.5) is 123 Å². The smallest absolute Gasteiger partial charge is 0.207 e. The third-order valence-electron chi connectivity index (χ3n) is 15.6. The third kappa shape index (κ3) is 12.2. The third-order valence-corrected chi connectivity index (χ3v) is 18.5. The Kier molecular flexibility index (Phi) is 19.2. The van der Waals surface area contributed by atoms with Crippen LogP contribution in [0.1, 0.15) is 22.3 Å². The summed E-state index contributed by atoms with van der Waals surface area (Å²) in [6.45, 7) is 0. The molecule has 11 aromatic rings. The standard InChI is InChI=1S/C52H16BF28.C16H12I/c54-33-25(17-9-1-5-13-21(17)49(70,71)72)34(55)42(63)29(41(33)62)53(30-43(64)35(56)26(36(57)44(30)65)18-10-2-6-14-22(18)50(73,74)75,31-45(66)37(58)27(38(59)46(31)67)19-11-3-7-15-23(19)51(76,77)78)32-47(68)39(60)28(40(61)48(32)69)20-12-4-8-16-24(20)52(79,80)81;1-2-9-14(10-3-1)17-16-12-6-8-13-7-4-5-11-15(13)16/h1-16H;1-12H/q-1;+1. The van der Waals surface area contributed by atoms with Crippen LogP contribution in [0.25, 0.3) is 55.3 Å². The van der Waals surface area contributed by atoms with Crippen LogP contribution in [0.2, 0.25) is 0 Å². The summed E-state index contributed by atoms with van der Waals surface area (Å²) in [5.41, 5.74) is -44.1. The molecule has 0 radical (unpaired) electrons. The highest BCUT2D eigenvalue weighted by Gasteiger charge is 2.54. The first-order chi connectivity index (χ1) is 45.9. The van der Waals surface area contributed by atoms with E-state index in [4.69, 9.17) is 0 Å². The molecule has 0 atom stereocenters. The molecule has 0 unspecified atom stereocenters. The van der Waals surface area contributed by atoms with E-state index in [0.29, 0.717) is 48.5 Å². The summed E-state index contributed by atoms with van der Waals surface area (Å²) >= 11 is -0.0735. The number of benzene rings is 11. The Labute approximate surface area is 542 Å². The Balaban J connectivity index is 0.000000526. The van der Waals surface area contributed by atoms with Crippen LogP contribution in [-0.2, 0) is 24.7 Å². The van der Waals surface area contributed by atoms with E-state index in [2.05, 4.69) is 72.8 Å². The van der Waals surface area contributed by atoms with Crippen LogP contribution in [0.5, 0.6) is 0 Å². The van der Waals surface area contributed by atoms with Crippen molar-refractivity contribution < 1.29 is 144 Å². The zero-order valence-corrected chi connectivity index (χ0v) is 49.9. The van der Waals surface area contributed by atoms with Crippen LogP contribution >= 0.6 is 0 Å². The van der Waals surface area contributed by atoms with E-state index in [-0.39, 0.29) is 69.7 Å². The Morgan fingerprint density at radius 3 is 0.714 bits per heavy atom. The van der Waals surface area contributed by atoms with Crippen molar-refractivity contribution in [1.82, 2.24) is 0 Å². The highest BCUT2D eigenvalue weighted by atomic mass is 127. The molecule has 0 heterocycles. The molecule has 11 rings (SSSR count). The molecule has 98 heavy (non-hydrogen) atoms. The Bertz CT molecular complexity index is 4350. The van der Waals surface area contributed by atoms with Gasteiger partial charge in [-0.05, 0) is 76.2 Å². The minimum atomic E-state index is -7.88. The van der Waals surface area contributed by atoms with E-state index in [0.717, 1.165) is 0 Å². The minimum Gasteiger partial charge on any atom is -0.207 e. The molecule has 0 saturated heterocycles. The van der Waals surface area contributed by atoms with E-state index < -0.39 is 213 Å². The molecule has 0 fully saturated rings. The maximum absolute atomic E-state index is 17.6. The molecule has 0 saturated carbocycles. The minimum absolute atomic E-state index is 0.0356. The summed E-state index contributed by atoms with van der Waals surface area (Å²) < 4.78 is 451. The van der Waals surface area contributed by atoms with Gasteiger partial charge in [0.25, 0.3) is 0 Å². The van der Waals surface area contributed by atoms with Crippen molar-refractivity contribution in [3.63, 3.8) is 0 Å². The zero-order chi connectivity index (χ0) is 71.8. The molecule has 0 aliphatic heterocycles. The highest BCUT2D eigenvalue weighted by molar-refractivity contribution is 7.20. The van der Waals surface area contributed by atoms with Gasteiger partial charge < -0.3 is 0 Å². The van der Waals surface area contributed by atoms with Gasteiger partial charge in [-0.15, -0.1) is 21.9 Å². The Hall–Kier alpha value is -9.49. The lowest BCUT2D eigenvalue weighted by Crippen LogP contribution is -3.61. The van der Waals surface area contributed by atoms with Crippen molar-refractivity contribution in [3.05, 3.63) is 292 Å². The van der Waals surface area contributed by atoms with E-state index in [1.54, 1.807) is 0 Å². The summed E-state index contributed by atoms with van der Waals surface area (Å²) in [4.78, 5) is 0. The van der Waals surface area contributed by atoms with E-state index in [9.17, 15) is 52.7 Å². The fourth-order valence-corrected chi connectivity index (χ4v) is 14.2. The predicted molar refractivity (Wildman–Crippen MR) is 299 cm³/mol. The summed E-state index contributed by atoms with van der Waals surface area (Å²) in [5.74, 6) is -60.2. The van der Waals surface area contributed by atoms with Crippen molar-refractivity contribution in [2.75, 3.05) is 0 Å². The molecular weight excluding hydrogens is 1490 g/mol. The lowest BCUT2D eigenvalue weighted by molar-refractivity contribution is -0.595. The van der Waals surface area contributed by atoms with E-state index in [1.165, 1.54) is 17.9 Å². The van der Waals surface area contributed by atoms with Crippen molar-refractivity contribution in [2.24, 2.45) is 0 Å². The number of halogens is 29. The van der Waals surface area contributed by atoms with Crippen LogP contribution < -0.4 is 43.1 Å². The molecule has 0 amide bonds. The van der Waals surface area contributed by atoms with Crippen LogP contribution in [-0.4, -0.2) is 6.15 Å². The first kappa shape index (κ1) is 71.3. The largest absolute Gasteiger partial charge is 0.417 e. The molecule has 30 heteroatoms. The monoisotopic (exact) mass is 1510 g/mol. The quantitative estimate of drug-likeness (QED) is 0.0554.